The number of rotatable bonds is 2. The van der Waals surface area contributed by atoms with Gasteiger partial charge in [-0.1, -0.05) is 11.8 Å². The molecule has 2 rings (SSSR count). The van der Waals surface area contributed by atoms with Crippen LogP contribution in [0.4, 0.5) is 5.82 Å². The Bertz CT molecular complexity index is 385. The number of nitrogens with two attached hydrogens (primary N) is 1. The first-order valence-corrected chi connectivity index (χ1v) is 4.40. The van der Waals surface area contributed by atoms with Gasteiger partial charge in [0.15, 0.2) is 0 Å². The number of hydrogen-bond donors (Lipinski definition) is 2. The van der Waals surface area contributed by atoms with Crippen LogP contribution in [0.1, 0.15) is 0 Å². The zero-order valence-electron chi connectivity index (χ0n) is 6.64. The van der Waals surface area contributed by atoms with Crippen molar-refractivity contribution in [3.05, 3.63) is 24.8 Å². The van der Waals surface area contributed by atoms with Crippen LogP contribution < -0.4 is 5.73 Å². The van der Waals surface area contributed by atoms with Crippen molar-refractivity contribution in [2.75, 3.05) is 5.73 Å². The van der Waals surface area contributed by atoms with Crippen LogP contribution in [0.2, 0.25) is 0 Å². The van der Waals surface area contributed by atoms with E-state index in [9.17, 15) is 0 Å². The first kappa shape index (κ1) is 8.06. The van der Waals surface area contributed by atoms with E-state index in [4.69, 9.17) is 5.73 Å². The number of nitrogen functional groups attached to an aromatic ring is 1. The lowest BCUT2D eigenvalue weighted by atomic mass is 10.7. The van der Waals surface area contributed by atoms with E-state index >= 15 is 0 Å². The van der Waals surface area contributed by atoms with E-state index in [0.717, 1.165) is 9.92 Å². The molecule has 0 spiro atoms. The summed E-state index contributed by atoms with van der Waals surface area (Å²) < 4.78 is 0. The van der Waals surface area contributed by atoms with E-state index in [0.29, 0.717) is 5.82 Å². The molecule has 0 aliphatic rings. The monoisotopic (exact) mass is 193 g/mol. The Kier molecular flexibility index (Phi) is 2.13. The van der Waals surface area contributed by atoms with Gasteiger partial charge in [-0.05, 0) is 6.07 Å². The average molecular weight is 193 g/mol. The van der Waals surface area contributed by atoms with E-state index < -0.39 is 0 Å². The Hall–Kier alpha value is -1.56. The molecule has 0 saturated heterocycles. The molecule has 2 heterocycles. The van der Waals surface area contributed by atoms with Crippen molar-refractivity contribution in [3.8, 4) is 0 Å². The van der Waals surface area contributed by atoms with Gasteiger partial charge < -0.3 is 5.73 Å². The quantitative estimate of drug-likeness (QED) is 0.693. The fourth-order valence-electron chi connectivity index (χ4n) is 0.818. The van der Waals surface area contributed by atoms with Gasteiger partial charge in [-0.15, -0.1) is 0 Å². The minimum atomic E-state index is 0.559. The van der Waals surface area contributed by atoms with Crippen molar-refractivity contribution in [1.82, 2.24) is 20.2 Å². The molecule has 0 radical (unpaired) electrons. The van der Waals surface area contributed by atoms with Crippen LogP contribution in [0.15, 0.2) is 34.7 Å². The number of nitrogens with one attached hydrogen (secondary N) is 1. The summed E-state index contributed by atoms with van der Waals surface area (Å²) in [4.78, 5) is 8.74. The molecule has 0 aliphatic heterocycles. The number of nitrogens with zero attached hydrogens (tertiary/aromatic N) is 3. The molecular weight excluding hydrogens is 186 g/mol. The van der Waals surface area contributed by atoms with Gasteiger partial charge >= 0.3 is 0 Å². The molecule has 0 bridgehead atoms. The number of H-pyrrole nitrogens is 1. The van der Waals surface area contributed by atoms with Crippen molar-refractivity contribution in [1.29, 1.82) is 0 Å². The van der Waals surface area contributed by atoms with E-state index in [1.54, 1.807) is 12.4 Å². The van der Waals surface area contributed by atoms with E-state index in [-0.39, 0.29) is 0 Å². The Labute approximate surface area is 78.8 Å². The molecule has 2 aromatic heterocycles. The zero-order chi connectivity index (χ0) is 9.10. The minimum Gasteiger partial charge on any atom is -0.383 e. The van der Waals surface area contributed by atoms with Gasteiger partial charge in [0.2, 0.25) is 0 Å². The maximum atomic E-state index is 5.61. The van der Waals surface area contributed by atoms with Crippen LogP contribution in [0.25, 0.3) is 0 Å². The Morgan fingerprint density at radius 3 is 3.00 bits per heavy atom. The summed E-state index contributed by atoms with van der Waals surface area (Å²) in [6.07, 6.45) is 4.85. The molecule has 6 heteroatoms. The van der Waals surface area contributed by atoms with Crippen molar-refractivity contribution in [3.63, 3.8) is 0 Å². The van der Waals surface area contributed by atoms with Gasteiger partial charge in [0.1, 0.15) is 17.2 Å². The first-order valence-electron chi connectivity index (χ1n) is 3.59. The molecule has 3 N–H and O–H groups in total. The molecule has 0 saturated carbocycles. The Morgan fingerprint density at radius 2 is 2.38 bits per heavy atom. The molecule has 13 heavy (non-hydrogen) atoms. The molecule has 5 nitrogen and oxygen atoms in total. The SMILES string of the molecule is Nc1[nH]ncc1Sc1ccncn1. The highest BCUT2D eigenvalue weighted by Gasteiger charge is 2.03. The second-order valence-corrected chi connectivity index (χ2v) is 3.36. The Morgan fingerprint density at radius 1 is 1.46 bits per heavy atom. The first-order chi connectivity index (χ1) is 6.36. The summed E-state index contributed by atoms with van der Waals surface area (Å²) in [5.41, 5.74) is 5.61. The van der Waals surface area contributed by atoms with Crippen LogP contribution in [0.3, 0.4) is 0 Å². The summed E-state index contributed by atoms with van der Waals surface area (Å²) in [6.45, 7) is 0. The Balaban J connectivity index is 2.20. The van der Waals surface area contributed by atoms with Crippen molar-refractivity contribution in [2.24, 2.45) is 0 Å². The molecule has 0 aliphatic carbocycles. The van der Waals surface area contributed by atoms with Gasteiger partial charge in [-0.3, -0.25) is 5.10 Å². The number of aromatic amines is 1. The lowest BCUT2D eigenvalue weighted by molar-refractivity contribution is 1.05. The molecule has 2 aromatic rings. The largest absolute Gasteiger partial charge is 0.383 e. The summed E-state index contributed by atoms with van der Waals surface area (Å²) in [6, 6.07) is 1.82. The lowest BCUT2D eigenvalue weighted by Crippen LogP contribution is -1.86. The third-order valence-electron chi connectivity index (χ3n) is 1.40. The topological polar surface area (TPSA) is 80.5 Å². The van der Waals surface area contributed by atoms with E-state index in [2.05, 4.69) is 20.2 Å². The summed E-state index contributed by atoms with van der Waals surface area (Å²) >= 11 is 1.45. The van der Waals surface area contributed by atoms with Crippen molar-refractivity contribution < 1.29 is 0 Å². The predicted molar refractivity (Wildman–Crippen MR) is 49.2 cm³/mol. The summed E-state index contributed by atoms with van der Waals surface area (Å²) in [7, 11) is 0. The van der Waals surface area contributed by atoms with Crippen LogP contribution in [-0.4, -0.2) is 20.2 Å². The normalized spacial score (nSPS) is 10.2. The zero-order valence-corrected chi connectivity index (χ0v) is 7.45. The number of anilines is 1. The second kappa shape index (κ2) is 3.44. The number of hydrogen-bond acceptors (Lipinski definition) is 5. The summed E-state index contributed by atoms with van der Waals surface area (Å²) in [5.74, 6) is 0.559. The van der Waals surface area contributed by atoms with Crippen LogP contribution in [-0.2, 0) is 0 Å². The molecule has 0 unspecified atom stereocenters. The highest BCUT2D eigenvalue weighted by Crippen LogP contribution is 2.28. The van der Waals surface area contributed by atoms with Gasteiger partial charge in [0, 0.05) is 6.20 Å². The van der Waals surface area contributed by atoms with Crippen LogP contribution in [0, 0.1) is 0 Å². The fourth-order valence-corrected chi connectivity index (χ4v) is 1.53. The van der Waals surface area contributed by atoms with Crippen LogP contribution in [0.5, 0.6) is 0 Å². The highest BCUT2D eigenvalue weighted by atomic mass is 32.2. The average Bonchev–Trinajstić information content (AvgIpc) is 2.54. The second-order valence-electron chi connectivity index (χ2n) is 2.30. The fraction of sp³-hybridized carbons (Fsp3) is 0. The van der Waals surface area contributed by atoms with Crippen LogP contribution >= 0.6 is 11.8 Å². The van der Waals surface area contributed by atoms with Gasteiger partial charge in [-0.2, -0.15) is 5.10 Å². The maximum Gasteiger partial charge on any atom is 0.133 e. The van der Waals surface area contributed by atoms with E-state index in [1.165, 1.54) is 18.1 Å². The maximum absolute atomic E-state index is 5.61. The third-order valence-corrected chi connectivity index (χ3v) is 2.40. The highest BCUT2D eigenvalue weighted by molar-refractivity contribution is 7.99. The van der Waals surface area contributed by atoms with Crippen molar-refractivity contribution >= 4 is 17.6 Å². The van der Waals surface area contributed by atoms with Crippen molar-refractivity contribution in [2.45, 2.75) is 9.92 Å². The molecule has 66 valence electrons. The van der Waals surface area contributed by atoms with Gasteiger partial charge in [0.25, 0.3) is 0 Å². The molecule has 0 amide bonds. The minimum absolute atomic E-state index is 0.559. The van der Waals surface area contributed by atoms with E-state index in [1.807, 2.05) is 6.07 Å². The van der Waals surface area contributed by atoms with Gasteiger partial charge in [-0.25, -0.2) is 9.97 Å². The summed E-state index contributed by atoms with van der Waals surface area (Å²) in [5, 5.41) is 7.31. The molecular formula is C7H7N5S. The standard InChI is InChI=1S/C7H7N5S/c8-7-5(3-11-12-7)13-6-1-2-9-4-10-6/h1-4H,(H3,8,11,12). The number of aromatic nitrogens is 4. The molecule has 0 atom stereocenters. The molecule has 0 aromatic carbocycles. The smallest absolute Gasteiger partial charge is 0.133 e. The third kappa shape index (κ3) is 1.78. The van der Waals surface area contributed by atoms with Gasteiger partial charge in [0.05, 0.1) is 11.1 Å². The molecule has 0 fully saturated rings. The lowest BCUT2D eigenvalue weighted by Gasteiger charge is -1.96. The predicted octanol–water partition coefficient (Wildman–Crippen LogP) is 0.933.